The Morgan fingerprint density at radius 1 is 1.10 bits per heavy atom. The van der Waals surface area contributed by atoms with Crippen molar-refractivity contribution in [2.24, 2.45) is 0 Å². The minimum Gasteiger partial charge on any atom is -0.399 e. The van der Waals surface area contributed by atoms with Crippen LogP contribution in [0.2, 0.25) is 0 Å². The molecule has 0 atom stereocenters. The summed E-state index contributed by atoms with van der Waals surface area (Å²) in [6, 6.07) is 8.15. The number of hydrogen-bond donors (Lipinski definition) is 2. The van der Waals surface area contributed by atoms with Crippen LogP contribution >= 0.6 is 0 Å². The fourth-order valence-corrected chi connectivity index (χ4v) is 2.21. The van der Waals surface area contributed by atoms with Crippen molar-refractivity contribution in [1.82, 2.24) is 9.55 Å². The molecule has 0 radical (unpaired) electrons. The van der Waals surface area contributed by atoms with E-state index in [0.29, 0.717) is 16.7 Å². The van der Waals surface area contributed by atoms with Crippen LogP contribution in [0.25, 0.3) is 16.7 Å². The van der Waals surface area contributed by atoms with Crippen molar-refractivity contribution in [3.8, 4) is 5.69 Å². The van der Waals surface area contributed by atoms with Crippen LogP contribution in [0.4, 0.5) is 14.5 Å². The van der Waals surface area contributed by atoms with Crippen LogP contribution in [0.3, 0.4) is 0 Å². The van der Waals surface area contributed by atoms with Gasteiger partial charge in [-0.25, -0.2) is 13.8 Å². The molecule has 1 aromatic heterocycles. The SMILES string of the molecule is Nc1ccc2c(c1)nc(CO)n2-c1cc(F)cc(F)c1. The number of benzene rings is 2. The minimum atomic E-state index is -0.693. The van der Waals surface area contributed by atoms with Crippen LogP contribution in [0.1, 0.15) is 5.82 Å². The predicted molar refractivity (Wildman–Crippen MR) is 71.3 cm³/mol. The van der Waals surface area contributed by atoms with Crippen molar-refractivity contribution in [3.63, 3.8) is 0 Å². The van der Waals surface area contributed by atoms with Gasteiger partial charge in [0.15, 0.2) is 0 Å². The molecule has 0 aliphatic carbocycles. The monoisotopic (exact) mass is 275 g/mol. The third-order valence-electron chi connectivity index (χ3n) is 2.99. The van der Waals surface area contributed by atoms with Gasteiger partial charge in [0.2, 0.25) is 0 Å². The van der Waals surface area contributed by atoms with Crippen molar-refractivity contribution in [2.75, 3.05) is 5.73 Å². The number of rotatable bonds is 2. The first-order chi connectivity index (χ1) is 9.58. The van der Waals surface area contributed by atoms with Crippen molar-refractivity contribution in [2.45, 2.75) is 6.61 Å². The molecular weight excluding hydrogens is 264 g/mol. The third-order valence-corrected chi connectivity index (χ3v) is 2.99. The molecule has 2 aromatic carbocycles. The van der Waals surface area contributed by atoms with Crippen LogP contribution < -0.4 is 5.73 Å². The Labute approximate surface area is 113 Å². The highest BCUT2D eigenvalue weighted by Crippen LogP contribution is 2.24. The van der Waals surface area contributed by atoms with E-state index >= 15 is 0 Å². The second kappa shape index (κ2) is 4.57. The molecule has 20 heavy (non-hydrogen) atoms. The van der Waals surface area contributed by atoms with Crippen LogP contribution in [-0.2, 0) is 6.61 Å². The van der Waals surface area contributed by atoms with Crippen molar-refractivity contribution < 1.29 is 13.9 Å². The number of aromatic nitrogens is 2. The van der Waals surface area contributed by atoms with Gasteiger partial charge in [0.1, 0.15) is 24.1 Å². The van der Waals surface area contributed by atoms with Gasteiger partial charge >= 0.3 is 0 Å². The fraction of sp³-hybridized carbons (Fsp3) is 0.0714. The van der Waals surface area contributed by atoms with Crippen molar-refractivity contribution in [1.29, 1.82) is 0 Å². The van der Waals surface area contributed by atoms with Crippen LogP contribution in [-0.4, -0.2) is 14.7 Å². The number of fused-ring (bicyclic) bond motifs is 1. The zero-order valence-corrected chi connectivity index (χ0v) is 10.3. The topological polar surface area (TPSA) is 64.1 Å². The molecule has 0 unspecified atom stereocenters. The predicted octanol–water partition coefficient (Wildman–Crippen LogP) is 2.38. The summed E-state index contributed by atoms with van der Waals surface area (Å²) in [5.74, 6) is -1.10. The van der Waals surface area contributed by atoms with Gasteiger partial charge in [-0.15, -0.1) is 0 Å². The Bertz CT molecular complexity index is 778. The Kier molecular flexibility index (Phi) is 2.87. The van der Waals surface area contributed by atoms with E-state index in [2.05, 4.69) is 4.98 Å². The lowest BCUT2D eigenvalue weighted by molar-refractivity contribution is 0.270. The maximum absolute atomic E-state index is 13.4. The summed E-state index contributed by atoms with van der Waals surface area (Å²) in [5.41, 5.74) is 7.64. The fourth-order valence-electron chi connectivity index (χ4n) is 2.21. The third kappa shape index (κ3) is 2.00. The molecular formula is C14H11F2N3O. The highest BCUT2D eigenvalue weighted by atomic mass is 19.1. The molecule has 0 fully saturated rings. The molecule has 0 bridgehead atoms. The molecule has 0 amide bonds. The van der Waals surface area contributed by atoms with E-state index in [1.165, 1.54) is 16.7 Å². The van der Waals surface area contributed by atoms with E-state index < -0.39 is 11.6 Å². The summed E-state index contributed by atoms with van der Waals surface area (Å²) in [4.78, 5) is 4.22. The molecule has 3 N–H and O–H groups in total. The van der Waals surface area contributed by atoms with Gasteiger partial charge in [0, 0.05) is 11.8 Å². The van der Waals surface area contributed by atoms with Gasteiger partial charge in [-0.2, -0.15) is 0 Å². The largest absolute Gasteiger partial charge is 0.399 e. The smallest absolute Gasteiger partial charge is 0.140 e. The Hall–Kier alpha value is -2.47. The molecule has 6 heteroatoms. The standard InChI is InChI=1S/C14H11F2N3O/c15-8-3-9(16)5-11(4-8)19-13-2-1-10(17)6-12(13)18-14(19)7-20/h1-6,20H,7,17H2. The number of anilines is 1. The quantitative estimate of drug-likeness (QED) is 0.706. The van der Waals surface area contributed by atoms with Gasteiger partial charge in [0.05, 0.1) is 16.7 Å². The maximum Gasteiger partial charge on any atom is 0.140 e. The van der Waals surface area contributed by atoms with Crippen LogP contribution in [0, 0.1) is 11.6 Å². The van der Waals surface area contributed by atoms with Gasteiger partial charge < -0.3 is 10.8 Å². The van der Waals surface area contributed by atoms with Gasteiger partial charge in [-0.3, -0.25) is 4.57 Å². The second-order valence-corrected chi connectivity index (χ2v) is 4.40. The summed E-state index contributed by atoms with van der Waals surface area (Å²) >= 11 is 0. The molecule has 0 aliphatic rings. The molecule has 0 saturated carbocycles. The number of halogens is 2. The number of hydrogen-bond acceptors (Lipinski definition) is 3. The normalized spacial score (nSPS) is 11.2. The molecule has 102 valence electrons. The lowest BCUT2D eigenvalue weighted by Crippen LogP contribution is -2.02. The highest BCUT2D eigenvalue weighted by molar-refractivity contribution is 5.81. The summed E-state index contributed by atoms with van der Waals surface area (Å²) in [5, 5.41) is 9.39. The molecule has 1 heterocycles. The molecule has 0 aliphatic heterocycles. The molecule has 0 saturated heterocycles. The number of imidazole rings is 1. The lowest BCUT2D eigenvalue weighted by atomic mass is 10.2. The summed E-state index contributed by atoms with van der Waals surface area (Å²) in [7, 11) is 0. The van der Waals surface area contributed by atoms with E-state index in [-0.39, 0.29) is 18.1 Å². The minimum absolute atomic E-state index is 0.263. The van der Waals surface area contributed by atoms with Gasteiger partial charge in [-0.1, -0.05) is 0 Å². The van der Waals surface area contributed by atoms with E-state index in [1.54, 1.807) is 18.2 Å². The zero-order chi connectivity index (χ0) is 14.3. The second-order valence-electron chi connectivity index (χ2n) is 4.40. The van der Waals surface area contributed by atoms with E-state index in [4.69, 9.17) is 5.73 Å². The number of aliphatic hydroxyl groups excluding tert-OH is 1. The van der Waals surface area contributed by atoms with Crippen molar-refractivity contribution >= 4 is 16.7 Å². The van der Waals surface area contributed by atoms with Gasteiger partial charge in [-0.05, 0) is 30.3 Å². The van der Waals surface area contributed by atoms with Gasteiger partial charge in [0.25, 0.3) is 0 Å². The molecule has 3 rings (SSSR count). The number of nitrogens with two attached hydrogens (primary N) is 1. The summed E-state index contributed by atoms with van der Waals surface area (Å²) in [6.45, 7) is -0.354. The average molecular weight is 275 g/mol. The number of nitrogen functional groups attached to an aromatic ring is 1. The maximum atomic E-state index is 13.4. The Balaban J connectivity index is 2.33. The molecule has 0 spiro atoms. The van der Waals surface area contributed by atoms with E-state index in [1.807, 2.05) is 0 Å². The van der Waals surface area contributed by atoms with E-state index in [0.717, 1.165) is 6.07 Å². The first kappa shape index (κ1) is 12.6. The Morgan fingerprint density at radius 3 is 2.45 bits per heavy atom. The van der Waals surface area contributed by atoms with Crippen LogP contribution in [0.15, 0.2) is 36.4 Å². The van der Waals surface area contributed by atoms with Crippen LogP contribution in [0.5, 0.6) is 0 Å². The van der Waals surface area contributed by atoms with Crippen molar-refractivity contribution in [3.05, 3.63) is 53.9 Å². The number of aliphatic hydroxyl groups is 1. The first-order valence-electron chi connectivity index (χ1n) is 5.92. The summed E-state index contributed by atoms with van der Waals surface area (Å²) < 4.78 is 28.2. The average Bonchev–Trinajstić information content (AvgIpc) is 2.74. The number of nitrogens with zero attached hydrogens (tertiary/aromatic N) is 2. The summed E-state index contributed by atoms with van der Waals surface area (Å²) in [6.07, 6.45) is 0. The lowest BCUT2D eigenvalue weighted by Gasteiger charge is -2.08. The Morgan fingerprint density at radius 2 is 1.80 bits per heavy atom. The molecule has 4 nitrogen and oxygen atoms in total. The highest BCUT2D eigenvalue weighted by Gasteiger charge is 2.13. The zero-order valence-electron chi connectivity index (χ0n) is 10.3. The molecule has 3 aromatic rings. The first-order valence-corrected chi connectivity index (χ1v) is 5.92. The van der Waals surface area contributed by atoms with E-state index in [9.17, 15) is 13.9 Å².